The molecule has 1 aromatic carbocycles. The van der Waals surface area contributed by atoms with Gasteiger partial charge in [-0.3, -0.25) is 4.79 Å². The molecule has 1 saturated heterocycles. The molecule has 1 saturated carbocycles. The van der Waals surface area contributed by atoms with Crippen molar-refractivity contribution in [2.75, 3.05) is 0 Å². The molecule has 2 heterocycles. The lowest BCUT2D eigenvalue weighted by Gasteiger charge is -2.32. The molecule has 2 aliphatic rings. The number of hydrogen-bond donors (Lipinski definition) is 0. The molecule has 0 spiro atoms. The van der Waals surface area contributed by atoms with Crippen LogP contribution in [0.15, 0.2) is 30.3 Å². The van der Waals surface area contributed by atoms with Gasteiger partial charge in [-0.2, -0.15) is 10.2 Å². The standard InChI is InChI=1S/C24H27BN2O5/c1-23(2)24(3,4)32-25(31-23)20-11-10-19(13-17(20)15-28)29-21-12-9-16(14-26)22(27-21)30-18-7-5-6-8-18/h9-13,15,18H,5-8H2,1-4H3. The molecule has 0 atom stereocenters. The van der Waals surface area contributed by atoms with Crippen molar-refractivity contribution in [1.82, 2.24) is 4.98 Å². The highest BCUT2D eigenvalue weighted by Gasteiger charge is 2.52. The number of ether oxygens (including phenoxy) is 2. The Morgan fingerprint density at radius 2 is 1.81 bits per heavy atom. The van der Waals surface area contributed by atoms with Gasteiger partial charge in [0.1, 0.15) is 29.8 Å². The van der Waals surface area contributed by atoms with E-state index < -0.39 is 18.3 Å². The van der Waals surface area contributed by atoms with Crippen LogP contribution in [0.25, 0.3) is 0 Å². The lowest BCUT2D eigenvalue weighted by atomic mass is 9.76. The zero-order chi connectivity index (χ0) is 22.9. The summed E-state index contributed by atoms with van der Waals surface area (Å²) in [5.41, 5.74) is 0.416. The fourth-order valence-corrected chi connectivity index (χ4v) is 3.84. The normalized spacial score (nSPS) is 19.5. The molecule has 2 aromatic rings. The molecule has 1 aliphatic carbocycles. The highest BCUT2D eigenvalue weighted by Crippen LogP contribution is 2.37. The predicted molar refractivity (Wildman–Crippen MR) is 119 cm³/mol. The van der Waals surface area contributed by atoms with Crippen molar-refractivity contribution >= 4 is 18.9 Å². The predicted octanol–water partition coefficient (Wildman–Crippen LogP) is 4.18. The molecule has 0 amide bonds. The molecular weight excluding hydrogens is 407 g/mol. The molecule has 32 heavy (non-hydrogen) atoms. The summed E-state index contributed by atoms with van der Waals surface area (Å²) in [7, 11) is -0.645. The average Bonchev–Trinajstić information content (AvgIpc) is 3.33. The molecular formula is C24H27BN2O5. The van der Waals surface area contributed by atoms with Crippen molar-refractivity contribution in [3.05, 3.63) is 41.5 Å². The van der Waals surface area contributed by atoms with Gasteiger partial charge in [0.05, 0.1) is 11.2 Å². The van der Waals surface area contributed by atoms with Crippen LogP contribution in [-0.2, 0) is 9.31 Å². The average molecular weight is 434 g/mol. The van der Waals surface area contributed by atoms with Crippen molar-refractivity contribution in [2.24, 2.45) is 0 Å². The Balaban J connectivity index is 1.55. The van der Waals surface area contributed by atoms with Crippen molar-refractivity contribution in [3.8, 4) is 23.6 Å². The Labute approximate surface area is 188 Å². The van der Waals surface area contributed by atoms with Crippen molar-refractivity contribution in [3.63, 3.8) is 0 Å². The number of aldehydes is 1. The molecule has 1 aliphatic heterocycles. The van der Waals surface area contributed by atoms with Crippen molar-refractivity contribution in [2.45, 2.75) is 70.7 Å². The fraction of sp³-hybridized carbons (Fsp3) is 0.458. The second-order valence-corrected chi connectivity index (χ2v) is 9.24. The van der Waals surface area contributed by atoms with E-state index in [2.05, 4.69) is 11.1 Å². The van der Waals surface area contributed by atoms with E-state index in [9.17, 15) is 10.1 Å². The van der Waals surface area contributed by atoms with Crippen molar-refractivity contribution < 1.29 is 23.6 Å². The SMILES string of the molecule is CC1(C)OB(c2ccc(Oc3ccc(C#N)c(OC4CCCC4)n3)cc2C=O)OC1(C)C. The molecule has 0 radical (unpaired) electrons. The van der Waals surface area contributed by atoms with Crippen LogP contribution in [0.1, 0.15) is 69.3 Å². The summed E-state index contributed by atoms with van der Waals surface area (Å²) >= 11 is 0. The molecule has 2 fully saturated rings. The van der Waals surface area contributed by atoms with Crippen LogP contribution in [0, 0.1) is 11.3 Å². The third-order valence-electron chi connectivity index (χ3n) is 6.45. The Hall–Kier alpha value is -2.89. The van der Waals surface area contributed by atoms with Gasteiger partial charge in [0.25, 0.3) is 0 Å². The van der Waals surface area contributed by atoms with Gasteiger partial charge in [0.15, 0.2) is 0 Å². The summed E-state index contributed by atoms with van der Waals surface area (Å²) in [5, 5.41) is 9.38. The zero-order valence-corrected chi connectivity index (χ0v) is 18.9. The summed E-state index contributed by atoms with van der Waals surface area (Å²) < 4.78 is 24.0. The molecule has 8 heteroatoms. The van der Waals surface area contributed by atoms with E-state index in [1.807, 2.05) is 27.7 Å². The van der Waals surface area contributed by atoms with Gasteiger partial charge in [0, 0.05) is 11.6 Å². The van der Waals surface area contributed by atoms with Gasteiger partial charge in [0.2, 0.25) is 11.8 Å². The summed E-state index contributed by atoms with van der Waals surface area (Å²) in [4.78, 5) is 16.2. The van der Waals surface area contributed by atoms with E-state index in [1.165, 1.54) is 0 Å². The highest BCUT2D eigenvalue weighted by atomic mass is 16.7. The molecule has 0 bridgehead atoms. The van der Waals surface area contributed by atoms with Crippen LogP contribution < -0.4 is 14.9 Å². The van der Waals surface area contributed by atoms with E-state index in [0.29, 0.717) is 22.3 Å². The van der Waals surface area contributed by atoms with E-state index in [0.717, 1.165) is 32.0 Å². The van der Waals surface area contributed by atoms with Crippen LogP contribution in [0.5, 0.6) is 17.5 Å². The second kappa shape index (κ2) is 8.57. The van der Waals surface area contributed by atoms with E-state index in [4.69, 9.17) is 18.8 Å². The second-order valence-electron chi connectivity index (χ2n) is 9.24. The summed E-state index contributed by atoms with van der Waals surface area (Å²) in [6, 6.07) is 10.5. The molecule has 0 N–H and O–H groups in total. The lowest BCUT2D eigenvalue weighted by Crippen LogP contribution is -2.41. The van der Waals surface area contributed by atoms with Gasteiger partial charge in [-0.15, -0.1) is 0 Å². The highest BCUT2D eigenvalue weighted by molar-refractivity contribution is 6.63. The van der Waals surface area contributed by atoms with Gasteiger partial charge in [-0.25, -0.2) is 0 Å². The fourth-order valence-electron chi connectivity index (χ4n) is 3.84. The minimum absolute atomic E-state index is 0.0747. The summed E-state index contributed by atoms with van der Waals surface area (Å²) in [6.07, 6.45) is 4.99. The van der Waals surface area contributed by atoms with Crippen molar-refractivity contribution in [1.29, 1.82) is 5.26 Å². The van der Waals surface area contributed by atoms with Crippen LogP contribution in [-0.4, -0.2) is 35.7 Å². The maximum atomic E-state index is 11.8. The number of nitrogens with zero attached hydrogens (tertiary/aromatic N) is 2. The van der Waals surface area contributed by atoms with Gasteiger partial charge >= 0.3 is 7.12 Å². The lowest BCUT2D eigenvalue weighted by molar-refractivity contribution is 0.00578. The molecule has 7 nitrogen and oxygen atoms in total. The third kappa shape index (κ3) is 4.36. The topological polar surface area (TPSA) is 90.7 Å². The number of aromatic nitrogens is 1. The molecule has 1 aromatic heterocycles. The first-order valence-corrected chi connectivity index (χ1v) is 10.9. The smallest absolute Gasteiger partial charge is 0.473 e. The van der Waals surface area contributed by atoms with E-state index >= 15 is 0 Å². The number of rotatable bonds is 6. The first-order chi connectivity index (χ1) is 15.2. The zero-order valence-electron chi connectivity index (χ0n) is 18.9. The number of carbonyl (C=O) groups is 1. The van der Waals surface area contributed by atoms with E-state index in [1.54, 1.807) is 30.3 Å². The molecule has 4 rings (SSSR count). The maximum Gasteiger partial charge on any atom is 0.495 e. The van der Waals surface area contributed by atoms with Gasteiger partial charge in [-0.1, -0.05) is 6.07 Å². The number of benzene rings is 1. The minimum Gasteiger partial charge on any atom is -0.473 e. The Morgan fingerprint density at radius 1 is 1.12 bits per heavy atom. The largest absolute Gasteiger partial charge is 0.495 e. The number of carbonyl (C=O) groups excluding carboxylic acids is 1. The number of pyridine rings is 1. The first-order valence-electron chi connectivity index (χ1n) is 10.9. The van der Waals surface area contributed by atoms with Crippen LogP contribution >= 0.6 is 0 Å². The molecule has 166 valence electrons. The Bertz CT molecular complexity index is 1040. The summed E-state index contributed by atoms with van der Waals surface area (Å²) in [5.74, 6) is 1.01. The monoisotopic (exact) mass is 434 g/mol. The third-order valence-corrected chi connectivity index (χ3v) is 6.45. The van der Waals surface area contributed by atoms with Crippen LogP contribution in [0.2, 0.25) is 0 Å². The minimum atomic E-state index is -0.645. The van der Waals surface area contributed by atoms with Gasteiger partial charge < -0.3 is 18.8 Å². The number of nitriles is 1. The number of hydrogen-bond acceptors (Lipinski definition) is 7. The first kappa shape index (κ1) is 22.3. The van der Waals surface area contributed by atoms with Crippen LogP contribution in [0.3, 0.4) is 0 Å². The van der Waals surface area contributed by atoms with Gasteiger partial charge in [-0.05, 0) is 77.0 Å². The van der Waals surface area contributed by atoms with E-state index in [-0.39, 0.29) is 17.9 Å². The maximum absolute atomic E-state index is 11.8. The Morgan fingerprint density at radius 3 is 2.44 bits per heavy atom. The Kier molecular flexibility index (Phi) is 5.98. The van der Waals surface area contributed by atoms with Crippen LogP contribution in [0.4, 0.5) is 0 Å². The quantitative estimate of drug-likeness (QED) is 0.498. The molecule has 0 unspecified atom stereocenters. The summed E-state index contributed by atoms with van der Waals surface area (Å²) in [6.45, 7) is 7.86.